The Bertz CT molecular complexity index is 287. The molecule has 11 heavy (non-hydrogen) atoms. The number of rotatable bonds is 0. The number of benzene rings is 1. The summed E-state index contributed by atoms with van der Waals surface area (Å²) in [6.07, 6.45) is 0. The smallest absolute Gasteiger partial charge is 0.175 e. The van der Waals surface area contributed by atoms with Crippen LogP contribution in [0.4, 0.5) is 11.4 Å². The normalized spacial score (nSPS) is 14.5. The minimum atomic E-state index is 0.402. The zero-order valence-electron chi connectivity index (χ0n) is 5.95. The first-order valence-electron chi connectivity index (χ1n) is 3.32. The van der Waals surface area contributed by atoms with Crippen molar-refractivity contribution in [3.8, 4) is 5.75 Å². The third-order valence-corrected chi connectivity index (χ3v) is 1.65. The van der Waals surface area contributed by atoms with Gasteiger partial charge in [-0.15, -0.1) is 0 Å². The maximum absolute atomic E-state index is 5.57. The van der Waals surface area contributed by atoms with Crippen LogP contribution in [0.15, 0.2) is 18.2 Å². The summed E-state index contributed by atoms with van der Waals surface area (Å²) in [5, 5.41) is 1.52. The van der Waals surface area contributed by atoms with Crippen LogP contribution in [0, 0.1) is 0 Å². The van der Waals surface area contributed by atoms with Crippen LogP contribution < -0.4 is 21.3 Å². The highest BCUT2D eigenvalue weighted by Gasteiger charge is 2.16. The van der Waals surface area contributed by atoms with Crippen LogP contribution in [-0.2, 0) is 0 Å². The van der Waals surface area contributed by atoms with E-state index in [4.69, 9.17) is 16.3 Å². The fourth-order valence-electron chi connectivity index (χ4n) is 1.09. The molecule has 0 amide bonds. The van der Waals surface area contributed by atoms with Gasteiger partial charge in [-0.2, -0.15) is 0 Å². The molecule has 0 atom stereocenters. The van der Waals surface area contributed by atoms with Crippen molar-refractivity contribution in [1.82, 2.24) is 0 Å². The molecule has 58 valence electrons. The van der Waals surface area contributed by atoms with E-state index in [1.165, 1.54) is 5.01 Å². The van der Waals surface area contributed by atoms with Gasteiger partial charge in [0.25, 0.3) is 0 Å². The van der Waals surface area contributed by atoms with Gasteiger partial charge in [-0.25, -0.2) is 5.84 Å². The van der Waals surface area contributed by atoms with Gasteiger partial charge in [-0.3, -0.25) is 5.01 Å². The topological polar surface area (TPSA) is 64.5 Å². The fourth-order valence-corrected chi connectivity index (χ4v) is 1.09. The van der Waals surface area contributed by atoms with Gasteiger partial charge in [0.05, 0.1) is 5.69 Å². The number of hydrogen-bond acceptors (Lipinski definition) is 4. The molecule has 1 aliphatic rings. The molecular weight excluding hydrogens is 142 g/mol. The minimum absolute atomic E-state index is 0.402. The van der Waals surface area contributed by atoms with Crippen molar-refractivity contribution in [3.63, 3.8) is 0 Å². The fraction of sp³-hybridized carbons (Fsp3) is 0.143. The molecule has 1 aromatic rings. The van der Waals surface area contributed by atoms with Gasteiger partial charge in [-0.1, -0.05) is 0 Å². The van der Waals surface area contributed by atoms with E-state index in [0.29, 0.717) is 12.4 Å². The van der Waals surface area contributed by atoms with Crippen LogP contribution in [-0.4, -0.2) is 6.73 Å². The summed E-state index contributed by atoms with van der Waals surface area (Å²) in [5.41, 5.74) is 7.11. The van der Waals surface area contributed by atoms with Crippen LogP contribution in [0.2, 0.25) is 0 Å². The maximum Gasteiger partial charge on any atom is 0.175 e. The Hall–Kier alpha value is -1.42. The second kappa shape index (κ2) is 2.03. The van der Waals surface area contributed by atoms with Gasteiger partial charge in [-0.05, 0) is 18.2 Å². The summed E-state index contributed by atoms with van der Waals surface area (Å²) in [4.78, 5) is 0. The number of nitrogens with zero attached hydrogens (tertiary/aromatic N) is 1. The minimum Gasteiger partial charge on any atom is -0.470 e. The van der Waals surface area contributed by atoms with Crippen molar-refractivity contribution in [1.29, 1.82) is 0 Å². The lowest BCUT2D eigenvalue weighted by Gasteiger charge is -2.06. The van der Waals surface area contributed by atoms with Gasteiger partial charge in [0.1, 0.15) is 5.75 Å². The lowest BCUT2D eigenvalue weighted by atomic mass is 10.2. The molecule has 4 heteroatoms. The first-order chi connectivity index (χ1) is 5.27. The van der Waals surface area contributed by atoms with Crippen molar-refractivity contribution in [2.75, 3.05) is 17.5 Å². The Morgan fingerprint density at radius 3 is 3.09 bits per heavy atom. The van der Waals surface area contributed by atoms with Crippen molar-refractivity contribution in [2.45, 2.75) is 0 Å². The monoisotopic (exact) mass is 151 g/mol. The summed E-state index contributed by atoms with van der Waals surface area (Å²) in [6, 6.07) is 5.40. The largest absolute Gasteiger partial charge is 0.470 e. The van der Waals surface area contributed by atoms with Gasteiger partial charge < -0.3 is 10.5 Å². The molecule has 1 heterocycles. The Morgan fingerprint density at radius 1 is 1.45 bits per heavy atom. The first kappa shape index (κ1) is 6.30. The van der Waals surface area contributed by atoms with Crippen LogP contribution in [0.25, 0.3) is 0 Å². The Labute approximate surface area is 64.3 Å². The molecule has 0 unspecified atom stereocenters. The predicted octanol–water partition coefficient (Wildman–Crippen LogP) is 0.299. The average Bonchev–Trinajstić information content (AvgIpc) is 2.33. The van der Waals surface area contributed by atoms with E-state index >= 15 is 0 Å². The summed E-state index contributed by atoms with van der Waals surface area (Å²) in [6.45, 7) is 0.402. The molecule has 0 aromatic heterocycles. The quantitative estimate of drug-likeness (QED) is 0.413. The van der Waals surface area contributed by atoms with Crippen LogP contribution >= 0.6 is 0 Å². The Balaban J connectivity index is 2.52. The predicted molar refractivity (Wildman–Crippen MR) is 43.0 cm³/mol. The molecule has 0 fully saturated rings. The third-order valence-electron chi connectivity index (χ3n) is 1.65. The van der Waals surface area contributed by atoms with E-state index < -0.39 is 0 Å². The van der Waals surface area contributed by atoms with Crippen molar-refractivity contribution >= 4 is 11.4 Å². The Kier molecular flexibility index (Phi) is 1.16. The summed E-state index contributed by atoms with van der Waals surface area (Å²) in [7, 11) is 0. The highest BCUT2D eigenvalue weighted by molar-refractivity contribution is 5.66. The summed E-state index contributed by atoms with van der Waals surface area (Å²) < 4.78 is 5.21. The molecular formula is C7H9N3O. The van der Waals surface area contributed by atoms with Crippen LogP contribution in [0.1, 0.15) is 0 Å². The average molecular weight is 151 g/mol. The molecule has 2 rings (SSSR count). The van der Waals surface area contributed by atoms with E-state index in [-0.39, 0.29) is 0 Å². The van der Waals surface area contributed by atoms with Crippen molar-refractivity contribution in [3.05, 3.63) is 18.2 Å². The lowest BCUT2D eigenvalue weighted by Crippen LogP contribution is -2.29. The van der Waals surface area contributed by atoms with E-state index in [1.54, 1.807) is 12.1 Å². The zero-order chi connectivity index (χ0) is 7.84. The molecule has 0 radical (unpaired) electrons. The second-order valence-electron chi connectivity index (χ2n) is 2.47. The molecule has 0 aliphatic carbocycles. The zero-order valence-corrected chi connectivity index (χ0v) is 5.95. The number of fused-ring (bicyclic) bond motifs is 1. The number of nitrogen functional groups attached to an aromatic ring is 1. The van der Waals surface area contributed by atoms with Crippen LogP contribution in [0.5, 0.6) is 5.75 Å². The standard InChI is InChI=1S/C7H9N3O/c8-5-1-2-7-6(3-5)10(9)4-11-7/h1-3H,4,8-9H2. The molecule has 0 saturated carbocycles. The number of hydrogen-bond donors (Lipinski definition) is 2. The lowest BCUT2D eigenvalue weighted by molar-refractivity contribution is 0.348. The first-order valence-corrected chi connectivity index (χ1v) is 3.32. The maximum atomic E-state index is 5.57. The molecule has 0 saturated heterocycles. The number of ether oxygens (including phenoxy) is 1. The molecule has 1 aliphatic heterocycles. The number of anilines is 2. The number of nitrogens with two attached hydrogens (primary N) is 2. The second-order valence-corrected chi connectivity index (χ2v) is 2.47. The highest BCUT2D eigenvalue weighted by Crippen LogP contribution is 2.32. The summed E-state index contributed by atoms with van der Waals surface area (Å²) in [5.74, 6) is 6.36. The van der Waals surface area contributed by atoms with Crippen molar-refractivity contribution < 1.29 is 4.74 Å². The molecule has 4 nitrogen and oxygen atoms in total. The van der Waals surface area contributed by atoms with Gasteiger partial charge in [0.15, 0.2) is 6.73 Å². The SMILES string of the molecule is Nc1ccc2c(c1)N(N)CO2. The van der Waals surface area contributed by atoms with Crippen molar-refractivity contribution in [2.24, 2.45) is 5.84 Å². The van der Waals surface area contributed by atoms with Gasteiger partial charge >= 0.3 is 0 Å². The van der Waals surface area contributed by atoms with E-state index in [9.17, 15) is 0 Å². The van der Waals surface area contributed by atoms with Crippen LogP contribution in [0.3, 0.4) is 0 Å². The van der Waals surface area contributed by atoms with E-state index in [0.717, 1.165) is 11.4 Å². The van der Waals surface area contributed by atoms with Gasteiger partial charge in [0, 0.05) is 5.69 Å². The molecule has 0 spiro atoms. The molecule has 1 aromatic carbocycles. The van der Waals surface area contributed by atoms with E-state index in [1.807, 2.05) is 6.07 Å². The third kappa shape index (κ3) is 0.877. The highest BCUT2D eigenvalue weighted by atomic mass is 16.5. The summed E-state index contributed by atoms with van der Waals surface area (Å²) >= 11 is 0. The number of hydrazine groups is 1. The molecule has 0 bridgehead atoms. The van der Waals surface area contributed by atoms with Gasteiger partial charge in [0.2, 0.25) is 0 Å². The Morgan fingerprint density at radius 2 is 2.27 bits per heavy atom. The van der Waals surface area contributed by atoms with E-state index in [2.05, 4.69) is 0 Å². The molecule has 4 N–H and O–H groups in total.